The first-order chi connectivity index (χ1) is 14.5. The zero-order valence-corrected chi connectivity index (χ0v) is 17.7. The molecule has 8 nitrogen and oxygen atoms in total. The van der Waals surface area contributed by atoms with Gasteiger partial charge in [-0.05, 0) is 31.9 Å². The lowest BCUT2D eigenvalue weighted by Gasteiger charge is -2.42. The number of rotatable bonds is 3. The number of likely N-dealkylation sites (tertiary alicyclic amines) is 1. The molecule has 2 amide bonds. The molecule has 2 aliphatic heterocycles. The molecule has 1 aromatic heterocycles. The number of nitrogens with one attached hydrogen (secondary N) is 2. The van der Waals surface area contributed by atoms with Gasteiger partial charge in [0.2, 0.25) is 5.89 Å². The van der Waals surface area contributed by atoms with E-state index in [2.05, 4.69) is 20.5 Å². The molecule has 30 heavy (non-hydrogen) atoms. The van der Waals surface area contributed by atoms with E-state index in [1.807, 2.05) is 0 Å². The van der Waals surface area contributed by atoms with Crippen molar-refractivity contribution >= 4 is 40.4 Å². The summed E-state index contributed by atoms with van der Waals surface area (Å²) in [5, 5.41) is 6.50. The summed E-state index contributed by atoms with van der Waals surface area (Å²) in [6.45, 7) is 1.94. The Labute approximate surface area is 179 Å². The van der Waals surface area contributed by atoms with E-state index in [1.165, 1.54) is 7.11 Å². The summed E-state index contributed by atoms with van der Waals surface area (Å²) in [5.41, 5.74) is 2.45. The van der Waals surface area contributed by atoms with Gasteiger partial charge in [-0.1, -0.05) is 30.9 Å². The number of nitrogens with zero attached hydrogens (tertiary/aromatic N) is 2. The number of methoxy groups -OCH3 is 1. The summed E-state index contributed by atoms with van der Waals surface area (Å²) >= 11 is 6.55. The highest BCUT2D eigenvalue weighted by Gasteiger charge is 2.44. The minimum atomic E-state index is -0.473. The van der Waals surface area contributed by atoms with Gasteiger partial charge in [-0.25, -0.2) is 9.78 Å². The van der Waals surface area contributed by atoms with Crippen LogP contribution in [0.4, 0.5) is 10.5 Å². The maximum absolute atomic E-state index is 12.4. The number of hydrogen-bond acceptors (Lipinski definition) is 6. The van der Waals surface area contributed by atoms with E-state index in [-0.39, 0.29) is 17.9 Å². The number of halogens is 1. The summed E-state index contributed by atoms with van der Waals surface area (Å²) in [6.07, 6.45) is 5.71. The summed E-state index contributed by atoms with van der Waals surface area (Å²) in [5.74, 6) is 0.311. The number of hydrogen-bond donors (Lipinski definition) is 2. The molecule has 0 bridgehead atoms. The zero-order chi connectivity index (χ0) is 20.9. The number of anilines is 1. The molecule has 0 radical (unpaired) electrons. The molecule has 3 aliphatic rings. The van der Waals surface area contributed by atoms with Gasteiger partial charge < -0.3 is 19.8 Å². The first-order valence-corrected chi connectivity index (χ1v) is 10.9. The van der Waals surface area contributed by atoms with E-state index in [4.69, 9.17) is 20.8 Å². The molecule has 1 aromatic carbocycles. The smallest absolute Gasteiger partial charge is 0.319 e. The largest absolute Gasteiger partial charge is 0.469 e. The fraction of sp³-hybridized carbons (Fsp3) is 0.571. The molecule has 9 heteroatoms. The van der Waals surface area contributed by atoms with Crippen LogP contribution in [0.5, 0.6) is 0 Å². The first kappa shape index (κ1) is 19.6. The van der Waals surface area contributed by atoms with E-state index in [1.54, 1.807) is 6.07 Å². The van der Waals surface area contributed by atoms with E-state index in [0.717, 1.165) is 50.6 Å². The van der Waals surface area contributed by atoms with Crippen molar-refractivity contribution in [2.45, 2.75) is 50.6 Å². The van der Waals surface area contributed by atoms with Crippen LogP contribution in [0.2, 0.25) is 5.02 Å². The Kier molecular flexibility index (Phi) is 4.86. The molecule has 1 atom stereocenters. The lowest BCUT2D eigenvalue weighted by molar-refractivity contribution is -0.144. The average molecular weight is 433 g/mol. The number of fused-ring (bicyclic) bond motifs is 4. The molecule has 2 fully saturated rings. The summed E-state index contributed by atoms with van der Waals surface area (Å²) in [4.78, 5) is 31.0. The summed E-state index contributed by atoms with van der Waals surface area (Å²) < 4.78 is 11.1. The number of benzene rings is 1. The van der Waals surface area contributed by atoms with Crippen LogP contribution in [0.1, 0.15) is 50.0 Å². The van der Waals surface area contributed by atoms with Crippen molar-refractivity contribution in [3.05, 3.63) is 22.5 Å². The molecule has 1 aliphatic carbocycles. The van der Waals surface area contributed by atoms with E-state index in [0.29, 0.717) is 40.8 Å². The lowest BCUT2D eigenvalue weighted by atomic mass is 9.74. The van der Waals surface area contributed by atoms with Gasteiger partial charge in [0.05, 0.1) is 35.8 Å². The highest BCUT2D eigenvalue weighted by Crippen LogP contribution is 2.48. The lowest BCUT2D eigenvalue weighted by Crippen LogP contribution is -2.52. The summed E-state index contributed by atoms with van der Waals surface area (Å²) in [6, 6.07) is 1.53. The molecular weight excluding hydrogens is 408 g/mol. The number of aromatic nitrogens is 1. The highest BCUT2D eigenvalue weighted by molar-refractivity contribution is 6.35. The van der Waals surface area contributed by atoms with Crippen LogP contribution in [-0.2, 0) is 21.6 Å². The quantitative estimate of drug-likeness (QED) is 0.716. The van der Waals surface area contributed by atoms with Crippen molar-refractivity contribution in [3.63, 3.8) is 0 Å². The highest BCUT2D eigenvalue weighted by atomic mass is 35.5. The van der Waals surface area contributed by atoms with E-state index < -0.39 is 5.54 Å². The molecule has 160 valence electrons. The van der Waals surface area contributed by atoms with Crippen LogP contribution in [-0.4, -0.2) is 42.1 Å². The molecule has 2 N–H and O–H groups in total. The Hall–Kier alpha value is -2.32. The van der Waals surface area contributed by atoms with Gasteiger partial charge >= 0.3 is 12.0 Å². The Bertz CT molecular complexity index is 1010. The molecule has 1 saturated heterocycles. The van der Waals surface area contributed by atoms with Gasteiger partial charge in [0.15, 0.2) is 5.58 Å². The van der Waals surface area contributed by atoms with Crippen molar-refractivity contribution in [1.29, 1.82) is 0 Å². The zero-order valence-electron chi connectivity index (χ0n) is 16.9. The molecule has 2 aromatic rings. The number of amides is 2. The number of ether oxygens (including phenoxy) is 1. The molecule has 5 rings (SSSR count). The van der Waals surface area contributed by atoms with Crippen molar-refractivity contribution in [3.8, 4) is 0 Å². The van der Waals surface area contributed by atoms with Gasteiger partial charge in [0.25, 0.3) is 0 Å². The SMILES string of the molecule is COC(=O)[C@@H]1CCN(Cc2nc3cc(Cl)c4c(c3o2)C2(CCCCC2)NC(=O)N4)C1. The third kappa shape index (κ3) is 3.22. The monoisotopic (exact) mass is 432 g/mol. The second-order valence-corrected chi connectivity index (χ2v) is 8.94. The van der Waals surface area contributed by atoms with Gasteiger partial charge in [-0.3, -0.25) is 9.69 Å². The van der Waals surface area contributed by atoms with Gasteiger partial charge in [-0.2, -0.15) is 0 Å². The standard InChI is InChI=1S/C21H25ClN4O4/c1-29-19(27)12-5-8-26(10-12)11-15-23-14-9-13(22)17-16(18(14)30-15)21(25-20(28)24-17)6-3-2-4-7-21/h9,12H,2-8,10-11H2,1H3,(H2,24,25,28)/t12-/m1/s1. The minimum Gasteiger partial charge on any atom is -0.469 e. The fourth-order valence-corrected chi connectivity index (χ4v) is 5.45. The molecule has 1 spiro atoms. The molecular formula is C21H25ClN4O4. The van der Waals surface area contributed by atoms with Gasteiger partial charge in [-0.15, -0.1) is 0 Å². The number of urea groups is 1. The second-order valence-electron chi connectivity index (χ2n) is 8.53. The van der Waals surface area contributed by atoms with Crippen molar-refractivity contribution in [1.82, 2.24) is 15.2 Å². The molecule has 0 unspecified atom stereocenters. The van der Waals surface area contributed by atoms with Crippen LogP contribution in [0.15, 0.2) is 10.5 Å². The second kappa shape index (κ2) is 7.42. The van der Waals surface area contributed by atoms with Crippen LogP contribution < -0.4 is 10.6 Å². The van der Waals surface area contributed by atoms with Crippen LogP contribution in [0.25, 0.3) is 11.1 Å². The third-order valence-corrected chi connectivity index (χ3v) is 6.92. The van der Waals surface area contributed by atoms with E-state index in [9.17, 15) is 9.59 Å². The number of carbonyl (C=O) groups is 2. The topological polar surface area (TPSA) is 96.7 Å². The number of oxazole rings is 1. The average Bonchev–Trinajstić information content (AvgIpc) is 3.35. The molecule has 1 saturated carbocycles. The molecule has 3 heterocycles. The van der Waals surface area contributed by atoms with Crippen LogP contribution in [0, 0.1) is 5.92 Å². The van der Waals surface area contributed by atoms with Crippen molar-refractivity contribution < 1.29 is 18.7 Å². The Balaban J connectivity index is 1.50. The fourth-order valence-electron chi connectivity index (χ4n) is 5.21. The minimum absolute atomic E-state index is 0.105. The van der Waals surface area contributed by atoms with Crippen molar-refractivity contribution in [2.75, 3.05) is 25.5 Å². The maximum Gasteiger partial charge on any atom is 0.319 e. The Morgan fingerprint density at radius 3 is 2.97 bits per heavy atom. The van der Waals surface area contributed by atoms with Crippen molar-refractivity contribution in [2.24, 2.45) is 5.92 Å². The third-order valence-electron chi connectivity index (χ3n) is 6.62. The van der Waals surface area contributed by atoms with E-state index >= 15 is 0 Å². The normalized spacial score (nSPS) is 23.3. The summed E-state index contributed by atoms with van der Waals surface area (Å²) in [7, 11) is 1.42. The maximum atomic E-state index is 12.4. The predicted octanol–water partition coefficient (Wildman–Crippen LogP) is 3.77. The van der Waals surface area contributed by atoms with Crippen LogP contribution >= 0.6 is 11.6 Å². The number of carbonyl (C=O) groups excluding carboxylic acids is 2. The Morgan fingerprint density at radius 2 is 2.20 bits per heavy atom. The van der Waals surface area contributed by atoms with Gasteiger partial charge in [0.1, 0.15) is 5.52 Å². The van der Waals surface area contributed by atoms with Crippen LogP contribution in [0.3, 0.4) is 0 Å². The first-order valence-electron chi connectivity index (χ1n) is 10.5. The Morgan fingerprint density at radius 1 is 1.40 bits per heavy atom. The predicted molar refractivity (Wildman–Crippen MR) is 111 cm³/mol. The van der Waals surface area contributed by atoms with Gasteiger partial charge in [0, 0.05) is 12.1 Å². The number of esters is 1.